The summed E-state index contributed by atoms with van der Waals surface area (Å²) in [6.07, 6.45) is 2.27. The van der Waals surface area contributed by atoms with Crippen LogP contribution < -0.4 is 14.8 Å². The maximum absolute atomic E-state index is 12.3. The summed E-state index contributed by atoms with van der Waals surface area (Å²) in [6, 6.07) is 11.8. The van der Waals surface area contributed by atoms with Crippen LogP contribution in [0.25, 0.3) is 10.9 Å². The van der Waals surface area contributed by atoms with E-state index in [-0.39, 0.29) is 12.7 Å². The minimum atomic E-state index is -0.00456. The minimum absolute atomic E-state index is 0.00456. The van der Waals surface area contributed by atoms with E-state index >= 15 is 0 Å². The number of hydrogen-bond acceptors (Lipinski definition) is 3. The molecule has 0 radical (unpaired) electrons. The molecule has 0 aliphatic carbocycles. The third-order valence-corrected chi connectivity index (χ3v) is 4.29. The van der Waals surface area contributed by atoms with E-state index < -0.39 is 0 Å². The summed E-state index contributed by atoms with van der Waals surface area (Å²) in [5.74, 6) is 1.48. The van der Waals surface area contributed by atoms with Gasteiger partial charge in [-0.05, 0) is 35.7 Å². The number of ether oxygens (including phenoxy) is 2. The molecule has 0 spiro atoms. The van der Waals surface area contributed by atoms with Crippen LogP contribution in [0.4, 0.5) is 0 Å². The predicted molar refractivity (Wildman–Crippen MR) is 91.2 cm³/mol. The second-order valence-corrected chi connectivity index (χ2v) is 5.95. The van der Waals surface area contributed by atoms with E-state index in [2.05, 4.69) is 23.3 Å². The number of para-hydroxylation sites is 1. The van der Waals surface area contributed by atoms with E-state index in [0.717, 1.165) is 33.5 Å². The molecule has 122 valence electrons. The molecule has 0 saturated heterocycles. The number of rotatable bonds is 4. The molecular formula is C19H18N2O3. The zero-order chi connectivity index (χ0) is 16.5. The molecular weight excluding hydrogens is 304 g/mol. The van der Waals surface area contributed by atoms with Crippen molar-refractivity contribution in [3.8, 4) is 11.5 Å². The maximum atomic E-state index is 12.3. The molecule has 1 aliphatic rings. The lowest BCUT2D eigenvalue weighted by Gasteiger charge is -2.06. The highest BCUT2D eigenvalue weighted by molar-refractivity contribution is 5.90. The fourth-order valence-corrected chi connectivity index (χ4v) is 3.00. The smallest absolute Gasteiger partial charge is 0.231 e. The van der Waals surface area contributed by atoms with Gasteiger partial charge >= 0.3 is 0 Å². The van der Waals surface area contributed by atoms with Gasteiger partial charge in [0, 0.05) is 23.6 Å². The Morgan fingerprint density at radius 2 is 2.08 bits per heavy atom. The Morgan fingerprint density at radius 1 is 1.21 bits per heavy atom. The zero-order valence-electron chi connectivity index (χ0n) is 13.4. The van der Waals surface area contributed by atoms with Crippen LogP contribution in [-0.2, 0) is 17.8 Å². The van der Waals surface area contributed by atoms with Crippen molar-refractivity contribution < 1.29 is 14.3 Å². The fourth-order valence-electron chi connectivity index (χ4n) is 3.00. The van der Waals surface area contributed by atoms with Crippen molar-refractivity contribution in [2.45, 2.75) is 19.9 Å². The normalized spacial score (nSPS) is 12.5. The molecule has 2 aromatic carbocycles. The molecule has 3 aromatic rings. The molecule has 0 unspecified atom stereocenters. The number of hydrogen-bond donors (Lipinski definition) is 2. The predicted octanol–water partition coefficient (Wildman–Crippen LogP) is 3.06. The van der Waals surface area contributed by atoms with Gasteiger partial charge in [-0.15, -0.1) is 0 Å². The average Bonchev–Trinajstić information content (AvgIpc) is 3.20. The van der Waals surface area contributed by atoms with Crippen LogP contribution >= 0.6 is 0 Å². The van der Waals surface area contributed by atoms with Gasteiger partial charge in [0.25, 0.3) is 0 Å². The first kappa shape index (κ1) is 14.6. The average molecular weight is 322 g/mol. The van der Waals surface area contributed by atoms with Crippen molar-refractivity contribution in [1.29, 1.82) is 0 Å². The quantitative estimate of drug-likeness (QED) is 0.776. The number of H-pyrrole nitrogens is 1. The first-order valence-electron chi connectivity index (χ1n) is 7.91. The number of fused-ring (bicyclic) bond motifs is 2. The summed E-state index contributed by atoms with van der Waals surface area (Å²) in [6.45, 7) is 2.78. The van der Waals surface area contributed by atoms with Crippen molar-refractivity contribution in [3.05, 3.63) is 59.3 Å². The number of carbonyl (C=O) groups is 1. The van der Waals surface area contributed by atoms with Crippen LogP contribution in [-0.4, -0.2) is 17.7 Å². The number of carbonyl (C=O) groups excluding carboxylic acids is 1. The zero-order valence-corrected chi connectivity index (χ0v) is 13.4. The van der Waals surface area contributed by atoms with Crippen LogP contribution in [0.5, 0.6) is 11.5 Å². The van der Waals surface area contributed by atoms with Gasteiger partial charge in [-0.2, -0.15) is 0 Å². The second-order valence-electron chi connectivity index (χ2n) is 5.95. The van der Waals surface area contributed by atoms with Crippen molar-refractivity contribution >= 4 is 16.8 Å². The highest BCUT2D eigenvalue weighted by Crippen LogP contribution is 2.32. The lowest BCUT2D eigenvalue weighted by atomic mass is 10.1. The summed E-state index contributed by atoms with van der Waals surface area (Å²) in [5.41, 5.74) is 4.27. The standard InChI is InChI=1S/C19H18N2O3/c1-12-3-2-4-15-14(10-21-19(12)15)8-18(22)20-9-13-5-6-16-17(7-13)24-11-23-16/h2-7,10,21H,8-9,11H2,1H3,(H,20,22). The molecule has 0 bridgehead atoms. The SMILES string of the molecule is Cc1cccc2c(CC(=O)NCc3ccc4c(c3)OCO4)c[nH]c12. The number of aromatic amines is 1. The molecule has 24 heavy (non-hydrogen) atoms. The van der Waals surface area contributed by atoms with Gasteiger partial charge in [0.05, 0.1) is 6.42 Å². The first-order chi connectivity index (χ1) is 11.7. The summed E-state index contributed by atoms with van der Waals surface area (Å²) < 4.78 is 10.6. The lowest BCUT2D eigenvalue weighted by Crippen LogP contribution is -2.24. The number of amides is 1. The Hall–Kier alpha value is -2.95. The maximum Gasteiger partial charge on any atom is 0.231 e. The van der Waals surface area contributed by atoms with Crippen LogP contribution in [0, 0.1) is 6.92 Å². The summed E-state index contributed by atoms with van der Waals surface area (Å²) in [4.78, 5) is 15.5. The van der Waals surface area contributed by atoms with Crippen LogP contribution in [0.15, 0.2) is 42.6 Å². The van der Waals surface area contributed by atoms with Gasteiger partial charge in [0.15, 0.2) is 11.5 Å². The molecule has 5 nitrogen and oxygen atoms in total. The van der Waals surface area contributed by atoms with Gasteiger partial charge in [0.1, 0.15) is 0 Å². The number of aromatic nitrogens is 1. The number of nitrogens with one attached hydrogen (secondary N) is 2. The second kappa shape index (κ2) is 5.92. The fraction of sp³-hybridized carbons (Fsp3) is 0.211. The van der Waals surface area contributed by atoms with E-state index in [1.54, 1.807) is 0 Å². The van der Waals surface area contributed by atoms with Gasteiger partial charge in [-0.3, -0.25) is 4.79 Å². The Balaban J connectivity index is 1.42. The third-order valence-electron chi connectivity index (χ3n) is 4.29. The van der Waals surface area contributed by atoms with Gasteiger partial charge in [-0.25, -0.2) is 0 Å². The van der Waals surface area contributed by atoms with Crippen molar-refractivity contribution in [1.82, 2.24) is 10.3 Å². The Morgan fingerprint density at radius 3 is 3.00 bits per heavy atom. The first-order valence-corrected chi connectivity index (χ1v) is 7.91. The van der Waals surface area contributed by atoms with Gasteiger partial charge < -0.3 is 19.8 Å². The highest BCUT2D eigenvalue weighted by Gasteiger charge is 2.14. The molecule has 0 atom stereocenters. The summed E-state index contributed by atoms with van der Waals surface area (Å²) in [7, 11) is 0. The van der Waals surface area contributed by atoms with E-state index in [9.17, 15) is 4.79 Å². The molecule has 4 rings (SSSR count). The topological polar surface area (TPSA) is 63.4 Å². The monoisotopic (exact) mass is 322 g/mol. The largest absolute Gasteiger partial charge is 0.454 e. The Kier molecular flexibility index (Phi) is 3.61. The van der Waals surface area contributed by atoms with E-state index in [1.165, 1.54) is 5.56 Å². The third kappa shape index (κ3) is 2.69. The Labute approximate surface area is 139 Å². The van der Waals surface area contributed by atoms with Crippen LogP contribution in [0.3, 0.4) is 0 Å². The number of aryl methyl sites for hydroxylation is 1. The molecule has 1 aromatic heterocycles. The molecule has 2 heterocycles. The van der Waals surface area contributed by atoms with Crippen molar-refractivity contribution in [3.63, 3.8) is 0 Å². The molecule has 0 saturated carbocycles. The molecule has 1 amide bonds. The van der Waals surface area contributed by atoms with Crippen LogP contribution in [0.1, 0.15) is 16.7 Å². The van der Waals surface area contributed by atoms with E-state index in [0.29, 0.717) is 13.0 Å². The van der Waals surface area contributed by atoms with Gasteiger partial charge in [-0.1, -0.05) is 24.3 Å². The summed E-state index contributed by atoms with van der Waals surface area (Å²) in [5, 5.41) is 4.06. The highest BCUT2D eigenvalue weighted by atomic mass is 16.7. The molecule has 5 heteroatoms. The Bertz CT molecular complexity index is 914. The van der Waals surface area contributed by atoms with E-state index in [4.69, 9.17) is 9.47 Å². The van der Waals surface area contributed by atoms with E-state index in [1.807, 2.05) is 36.5 Å². The molecule has 1 aliphatic heterocycles. The summed E-state index contributed by atoms with van der Waals surface area (Å²) >= 11 is 0. The number of benzene rings is 2. The minimum Gasteiger partial charge on any atom is -0.454 e. The van der Waals surface area contributed by atoms with Crippen molar-refractivity contribution in [2.75, 3.05) is 6.79 Å². The lowest BCUT2D eigenvalue weighted by molar-refractivity contribution is -0.120. The molecule has 2 N–H and O–H groups in total. The van der Waals surface area contributed by atoms with Crippen molar-refractivity contribution in [2.24, 2.45) is 0 Å². The van der Waals surface area contributed by atoms with Crippen LogP contribution in [0.2, 0.25) is 0 Å². The molecule has 0 fully saturated rings. The van der Waals surface area contributed by atoms with Gasteiger partial charge in [0.2, 0.25) is 12.7 Å².